The molecule has 2 aromatic carbocycles. The van der Waals surface area contributed by atoms with Crippen LogP contribution >= 0.6 is 0 Å². The van der Waals surface area contributed by atoms with Gasteiger partial charge in [-0.1, -0.05) is 30.3 Å². The van der Waals surface area contributed by atoms with Crippen LogP contribution in [0.25, 0.3) is 22.5 Å². The Hall–Kier alpha value is -3.12. The molecule has 0 unspecified atom stereocenters. The molecule has 0 aliphatic carbocycles. The molecule has 1 heterocycles. The number of furan rings is 1. The summed E-state index contributed by atoms with van der Waals surface area (Å²) in [6.07, 6.45) is 0.688. The van der Waals surface area contributed by atoms with E-state index in [4.69, 9.17) is 9.68 Å². The van der Waals surface area contributed by atoms with Crippen molar-refractivity contribution in [2.75, 3.05) is 0 Å². The van der Waals surface area contributed by atoms with E-state index in [1.54, 1.807) is 24.3 Å². The second-order valence-corrected chi connectivity index (χ2v) is 4.59. The van der Waals surface area contributed by atoms with E-state index in [2.05, 4.69) is 6.07 Å². The third-order valence-electron chi connectivity index (χ3n) is 3.24. The standard InChI is InChI=1S/C18H11NO2/c19-11-13-4-6-14(7-5-13)15-2-1-3-16(10-15)18-9-8-17(12-20)21-18/h1-10,12H. The summed E-state index contributed by atoms with van der Waals surface area (Å²) in [5.41, 5.74) is 3.60. The zero-order chi connectivity index (χ0) is 14.7. The third-order valence-corrected chi connectivity index (χ3v) is 3.24. The largest absolute Gasteiger partial charge is 0.453 e. The number of nitriles is 1. The maximum atomic E-state index is 10.7. The fourth-order valence-corrected chi connectivity index (χ4v) is 2.16. The molecule has 0 bridgehead atoms. The van der Waals surface area contributed by atoms with Gasteiger partial charge in [-0.25, -0.2) is 0 Å². The van der Waals surface area contributed by atoms with Crippen LogP contribution in [0.2, 0.25) is 0 Å². The average Bonchev–Trinajstić information content (AvgIpc) is 3.04. The van der Waals surface area contributed by atoms with E-state index >= 15 is 0 Å². The van der Waals surface area contributed by atoms with E-state index < -0.39 is 0 Å². The lowest BCUT2D eigenvalue weighted by Crippen LogP contribution is -1.81. The van der Waals surface area contributed by atoms with Crippen LogP contribution in [-0.4, -0.2) is 6.29 Å². The maximum absolute atomic E-state index is 10.7. The number of nitrogens with zero attached hydrogens (tertiary/aromatic N) is 1. The van der Waals surface area contributed by atoms with Gasteiger partial charge in [0.25, 0.3) is 0 Å². The minimum absolute atomic E-state index is 0.314. The molecule has 3 nitrogen and oxygen atoms in total. The molecular formula is C18H11NO2. The van der Waals surface area contributed by atoms with Crippen molar-refractivity contribution in [1.82, 2.24) is 0 Å². The van der Waals surface area contributed by atoms with E-state index in [9.17, 15) is 4.79 Å². The Bertz CT molecular complexity index is 823. The number of rotatable bonds is 3. The average molecular weight is 273 g/mol. The Kier molecular flexibility index (Phi) is 3.36. The Balaban J connectivity index is 1.99. The Labute approximate surface area is 122 Å². The van der Waals surface area contributed by atoms with Gasteiger partial charge in [0.15, 0.2) is 12.0 Å². The SMILES string of the molecule is N#Cc1ccc(-c2cccc(-c3ccc(C=O)o3)c2)cc1. The van der Waals surface area contributed by atoms with Crippen molar-refractivity contribution in [1.29, 1.82) is 5.26 Å². The van der Waals surface area contributed by atoms with Crippen LogP contribution in [0.5, 0.6) is 0 Å². The summed E-state index contributed by atoms with van der Waals surface area (Å²) in [5, 5.41) is 8.83. The molecule has 3 heteroatoms. The van der Waals surface area contributed by atoms with Gasteiger partial charge in [0.1, 0.15) is 5.76 Å². The predicted molar refractivity (Wildman–Crippen MR) is 79.7 cm³/mol. The van der Waals surface area contributed by atoms with Crippen molar-refractivity contribution in [2.45, 2.75) is 0 Å². The smallest absolute Gasteiger partial charge is 0.185 e. The molecule has 1 aromatic heterocycles. The van der Waals surface area contributed by atoms with Gasteiger partial charge in [-0.2, -0.15) is 5.26 Å². The van der Waals surface area contributed by atoms with E-state index in [1.165, 1.54) is 0 Å². The molecule has 0 N–H and O–H groups in total. The number of benzene rings is 2. The van der Waals surface area contributed by atoms with Gasteiger partial charge in [0.05, 0.1) is 11.6 Å². The highest BCUT2D eigenvalue weighted by Gasteiger charge is 2.06. The molecule has 21 heavy (non-hydrogen) atoms. The van der Waals surface area contributed by atoms with Crippen LogP contribution in [-0.2, 0) is 0 Å². The summed E-state index contributed by atoms with van der Waals surface area (Å²) >= 11 is 0. The lowest BCUT2D eigenvalue weighted by Gasteiger charge is -2.04. The van der Waals surface area contributed by atoms with Gasteiger partial charge in [-0.3, -0.25) is 4.79 Å². The minimum atomic E-state index is 0.314. The maximum Gasteiger partial charge on any atom is 0.185 e. The fraction of sp³-hybridized carbons (Fsp3) is 0. The number of carbonyl (C=O) groups excluding carboxylic acids is 1. The Morgan fingerprint density at radius 2 is 1.67 bits per heavy atom. The molecule has 0 saturated carbocycles. The fourth-order valence-electron chi connectivity index (χ4n) is 2.16. The third kappa shape index (κ3) is 2.60. The number of carbonyl (C=O) groups is 1. The highest BCUT2D eigenvalue weighted by atomic mass is 16.3. The number of aldehydes is 1. The monoisotopic (exact) mass is 273 g/mol. The van der Waals surface area contributed by atoms with Gasteiger partial charge in [0.2, 0.25) is 0 Å². The molecule has 0 aliphatic heterocycles. The first-order valence-electron chi connectivity index (χ1n) is 6.46. The van der Waals surface area contributed by atoms with Crippen molar-refractivity contribution in [3.63, 3.8) is 0 Å². The summed E-state index contributed by atoms with van der Waals surface area (Å²) in [7, 11) is 0. The predicted octanol–water partition coefficient (Wildman–Crippen LogP) is 4.30. The molecule has 3 rings (SSSR count). The number of hydrogen-bond donors (Lipinski definition) is 0. The lowest BCUT2D eigenvalue weighted by atomic mass is 10.0. The van der Waals surface area contributed by atoms with Crippen LogP contribution < -0.4 is 0 Å². The van der Waals surface area contributed by atoms with Crippen LogP contribution in [0.4, 0.5) is 0 Å². The molecule has 0 spiro atoms. The topological polar surface area (TPSA) is 54.0 Å². The van der Waals surface area contributed by atoms with Gasteiger partial charge in [0, 0.05) is 5.56 Å². The normalized spacial score (nSPS) is 10.0. The van der Waals surface area contributed by atoms with Gasteiger partial charge >= 0.3 is 0 Å². The van der Waals surface area contributed by atoms with E-state index in [1.807, 2.05) is 36.4 Å². The first-order chi connectivity index (χ1) is 10.3. The lowest BCUT2D eigenvalue weighted by molar-refractivity contribution is 0.110. The summed E-state index contributed by atoms with van der Waals surface area (Å²) in [5.74, 6) is 0.973. The van der Waals surface area contributed by atoms with Gasteiger partial charge < -0.3 is 4.42 Å². The molecule has 0 radical (unpaired) electrons. The second kappa shape index (κ2) is 5.48. The molecule has 0 fully saturated rings. The number of hydrogen-bond acceptors (Lipinski definition) is 3. The minimum Gasteiger partial charge on any atom is -0.453 e. The van der Waals surface area contributed by atoms with E-state index in [0.29, 0.717) is 23.4 Å². The summed E-state index contributed by atoms with van der Waals surface area (Å²) < 4.78 is 5.44. The van der Waals surface area contributed by atoms with Crippen molar-refractivity contribution < 1.29 is 9.21 Å². The highest BCUT2D eigenvalue weighted by molar-refractivity contribution is 5.75. The van der Waals surface area contributed by atoms with Crippen molar-refractivity contribution in [2.24, 2.45) is 0 Å². The Morgan fingerprint density at radius 3 is 2.33 bits per heavy atom. The molecular weight excluding hydrogens is 262 g/mol. The van der Waals surface area contributed by atoms with Gasteiger partial charge in [-0.15, -0.1) is 0 Å². The van der Waals surface area contributed by atoms with Crippen molar-refractivity contribution in [3.8, 4) is 28.5 Å². The first kappa shape index (κ1) is 12.9. The van der Waals surface area contributed by atoms with E-state index in [0.717, 1.165) is 16.7 Å². The summed E-state index contributed by atoms with van der Waals surface area (Å²) in [6.45, 7) is 0. The first-order valence-corrected chi connectivity index (χ1v) is 6.46. The summed E-state index contributed by atoms with van der Waals surface area (Å²) in [6, 6.07) is 20.8. The van der Waals surface area contributed by atoms with E-state index in [-0.39, 0.29) is 0 Å². The van der Waals surface area contributed by atoms with Crippen molar-refractivity contribution >= 4 is 6.29 Å². The van der Waals surface area contributed by atoms with Crippen LogP contribution in [0.3, 0.4) is 0 Å². The highest BCUT2D eigenvalue weighted by Crippen LogP contribution is 2.27. The van der Waals surface area contributed by atoms with Crippen molar-refractivity contribution in [3.05, 3.63) is 72.0 Å². The summed E-state index contributed by atoms with van der Waals surface area (Å²) in [4.78, 5) is 10.7. The van der Waals surface area contributed by atoms with Crippen LogP contribution in [0.15, 0.2) is 65.1 Å². The molecule has 0 amide bonds. The molecule has 3 aromatic rings. The quantitative estimate of drug-likeness (QED) is 0.668. The second-order valence-electron chi connectivity index (χ2n) is 4.59. The molecule has 0 atom stereocenters. The zero-order valence-corrected chi connectivity index (χ0v) is 11.1. The Morgan fingerprint density at radius 1 is 0.905 bits per heavy atom. The van der Waals surface area contributed by atoms with Gasteiger partial charge in [-0.05, 0) is 41.5 Å². The molecule has 0 saturated heterocycles. The molecule has 100 valence electrons. The molecule has 0 aliphatic rings. The van der Waals surface area contributed by atoms with Crippen LogP contribution in [0, 0.1) is 11.3 Å². The zero-order valence-electron chi connectivity index (χ0n) is 11.1. The van der Waals surface area contributed by atoms with Crippen LogP contribution in [0.1, 0.15) is 16.1 Å².